The summed E-state index contributed by atoms with van der Waals surface area (Å²) in [6, 6.07) is 16.6. The standard InChI is InChI=1S/C18H17ClN6O2/c19-13-6-8-14(9-7-13)22-17-15(25(26)27)16(20)23-18(24-17)21-11-10-12-4-2-1-3-5-12/h1-9H,10-11H2,(H4,20,21,22,23,24). The number of nitrogen functional groups attached to an aromatic ring is 1. The van der Waals surface area contributed by atoms with Gasteiger partial charge in [0.05, 0.1) is 4.92 Å². The molecule has 0 aliphatic heterocycles. The van der Waals surface area contributed by atoms with Gasteiger partial charge in [-0.3, -0.25) is 10.1 Å². The topological polar surface area (TPSA) is 119 Å². The second kappa shape index (κ2) is 8.33. The summed E-state index contributed by atoms with van der Waals surface area (Å²) in [5, 5.41) is 17.9. The number of anilines is 4. The summed E-state index contributed by atoms with van der Waals surface area (Å²) in [5.41, 5.74) is 7.16. The second-order valence-electron chi connectivity index (χ2n) is 5.68. The number of nitro groups is 1. The number of halogens is 1. The Bertz CT molecular complexity index is 935. The van der Waals surface area contributed by atoms with Crippen molar-refractivity contribution in [2.75, 3.05) is 22.9 Å². The van der Waals surface area contributed by atoms with Crippen LogP contribution in [0.4, 0.5) is 29.0 Å². The van der Waals surface area contributed by atoms with Gasteiger partial charge in [0, 0.05) is 17.3 Å². The highest BCUT2D eigenvalue weighted by atomic mass is 35.5. The van der Waals surface area contributed by atoms with E-state index in [0.29, 0.717) is 17.3 Å². The summed E-state index contributed by atoms with van der Waals surface area (Å²) in [7, 11) is 0. The minimum atomic E-state index is -0.610. The van der Waals surface area contributed by atoms with Gasteiger partial charge < -0.3 is 16.4 Å². The van der Waals surface area contributed by atoms with Crippen LogP contribution in [0.25, 0.3) is 0 Å². The maximum atomic E-state index is 11.4. The number of benzene rings is 2. The Labute approximate surface area is 160 Å². The largest absolute Gasteiger partial charge is 0.378 e. The first kappa shape index (κ1) is 18.4. The molecule has 0 fully saturated rings. The molecule has 1 heterocycles. The van der Waals surface area contributed by atoms with Gasteiger partial charge in [0.1, 0.15) is 0 Å². The molecular formula is C18H17ClN6O2. The third-order valence-corrected chi connectivity index (χ3v) is 3.99. The summed E-state index contributed by atoms with van der Waals surface area (Å²) < 4.78 is 0. The van der Waals surface area contributed by atoms with Crippen molar-refractivity contribution in [3.63, 3.8) is 0 Å². The number of hydrogen-bond donors (Lipinski definition) is 3. The average molecular weight is 385 g/mol. The Morgan fingerprint density at radius 3 is 2.44 bits per heavy atom. The van der Waals surface area contributed by atoms with Crippen molar-refractivity contribution < 1.29 is 4.92 Å². The van der Waals surface area contributed by atoms with Crippen molar-refractivity contribution >= 4 is 40.6 Å². The van der Waals surface area contributed by atoms with Crippen LogP contribution in [0, 0.1) is 10.1 Å². The Balaban J connectivity index is 1.80. The smallest absolute Gasteiger partial charge is 0.353 e. The first-order valence-electron chi connectivity index (χ1n) is 8.15. The van der Waals surface area contributed by atoms with E-state index in [-0.39, 0.29) is 23.3 Å². The predicted octanol–water partition coefficient (Wildman–Crippen LogP) is 4.02. The van der Waals surface area contributed by atoms with Gasteiger partial charge in [-0.25, -0.2) is 0 Å². The highest BCUT2D eigenvalue weighted by molar-refractivity contribution is 6.30. The Kier molecular flexibility index (Phi) is 5.68. The lowest BCUT2D eigenvalue weighted by Gasteiger charge is -2.11. The number of nitrogens with one attached hydrogen (secondary N) is 2. The van der Waals surface area contributed by atoms with Crippen LogP contribution in [-0.2, 0) is 6.42 Å². The molecule has 1 aromatic heterocycles. The van der Waals surface area contributed by atoms with Crippen molar-refractivity contribution in [1.29, 1.82) is 0 Å². The van der Waals surface area contributed by atoms with E-state index >= 15 is 0 Å². The molecule has 3 rings (SSSR count). The summed E-state index contributed by atoms with van der Waals surface area (Å²) in [5.74, 6) is 0.0104. The van der Waals surface area contributed by atoms with Crippen LogP contribution in [0.2, 0.25) is 5.02 Å². The van der Waals surface area contributed by atoms with Gasteiger partial charge in [-0.15, -0.1) is 0 Å². The van der Waals surface area contributed by atoms with Crippen LogP contribution < -0.4 is 16.4 Å². The minimum Gasteiger partial charge on any atom is -0.378 e. The van der Waals surface area contributed by atoms with E-state index in [0.717, 1.165) is 12.0 Å². The SMILES string of the molecule is Nc1nc(NCCc2ccccc2)nc(Nc2ccc(Cl)cc2)c1[N+](=O)[O-]. The molecule has 0 aliphatic rings. The lowest BCUT2D eigenvalue weighted by atomic mass is 10.1. The molecule has 0 spiro atoms. The van der Waals surface area contributed by atoms with E-state index in [1.165, 1.54) is 0 Å². The number of nitrogens with zero attached hydrogens (tertiary/aromatic N) is 3. The Hall–Kier alpha value is -3.39. The monoisotopic (exact) mass is 384 g/mol. The first-order valence-corrected chi connectivity index (χ1v) is 8.53. The van der Waals surface area contributed by atoms with Crippen molar-refractivity contribution in [3.8, 4) is 0 Å². The van der Waals surface area contributed by atoms with Crippen LogP contribution >= 0.6 is 11.6 Å². The van der Waals surface area contributed by atoms with Crippen molar-refractivity contribution in [2.45, 2.75) is 6.42 Å². The second-order valence-corrected chi connectivity index (χ2v) is 6.12. The van der Waals surface area contributed by atoms with Gasteiger partial charge in [-0.1, -0.05) is 41.9 Å². The van der Waals surface area contributed by atoms with Crippen molar-refractivity contribution in [3.05, 3.63) is 75.3 Å². The normalized spacial score (nSPS) is 10.4. The molecule has 0 atom stereocenters. The molecule has 0 saturated heterocycles. The van der Waals surface area contributed by atoms with Gasteiger partial charge in [-0.05, 0) is 36.2 Å². The third kappa shape index (κ3) is 4.83. The van der Waals surface area contributed by atoms with Gasteiger partial charge in [0.25, 0.3) is 0 Å². The number of hydrogen-bond acceptors (Lipinski definition) is 7. The lowest BCUT2D eigenvalue weighted by molar-refractivity contribution is -0.383. The van der Waals surface area contributed by atoms with Gasteiger partial charge in [0.2, 0.25) is 17.6 Å². The third-order valence-electron chi connectivity index (χ3n) is 3.74. The molecule has 9 heteroatoms. The summed E-state index contributed by atoms with van der Waals surface area (Å²) >= 11 is 5.86. The predicted molar refractivity (Wildman–Crippen MR) is 106 cm³/mol. The molecule has 27 heavy (non-hydrogen) atoms. The molecule has 3 aromatic rings. The maximum absolute atomic E-state index is 11.4. The van der Waals surface area contributed by atoms with E-state index in [9.17, 15) is 10.1 Å². The lowest BCUT2D eigenvalue weighted by Crippen LogP contribution is -2.12. The Morgan fingerprint density at radius 1 is 1.07 bits per heavy atom. The zero-order valence-corrected chi connectivity index (χ0v) is 15.0. The van der Waals surface area contributed by atoms with Crippen LogP contribution in [0.5, 0.6) is 0 Å². The molecule has 0 aliphatic carbocycles. The van der Waals surface area contributed by atoms with Crippen LogP contribution in [0.15, 0.2) is 54.6 Å². The molecule has 0 unspecified atom stereocenters. The van der Waals surface area contributed by atoms with Crippen LogP contribution in [0.1, 0.15) is 5.56 Å². The fourth-order valence-corrected chi connectivity index (χ4v) is 2.58. The van der Waals surface area contributed by atoms with E-state index in [4.69, 9.17) is 17.3 Å². The fourth-order valence-electron chi connectivity index (χ4n) is 2.45. The zero-order valence-electron chi connectivity index (χ0n) is 14.2. The van der Waals surface area contributed by atoms with E-state index in [1.807, 2.05) is 30.3 Å². The van der Waals surface area contributed by atoms with E-state index in [1.54, 1.807) is 24.3 Å². The quantitative estimate of drug-likeness (QED) is 0.415. The van der Waals surface area contributed by atoms with E-state index < -0.39 is 4.92 Å². The summed E-state index contributed by atoms with van der Waals surface area (Å²) in [4.78, 5) is 19.0. The van der Waals surface area contributed by atoms with Crippen molar-refractivity contribution in [1.82, 2.24) is 9.97 Å². The maximum Gasteiger partial charge on any atom is 0.353 e. The van der Waals surface area contributed by atoms with Gasteiger partial charge >= 0.3 is 5.69 Å². The number of nitrogens with two attached hydrogens (primary N) is 1. The molecule has 0 saturated carbocycles. The summed E-state index contributed by atoms with van der Waals surface area (Å²) in [6.45, 7) is 0.557. The molecule has 8 nitrogen and oxygen atoms in total. The number of aromatic nitrogens is 2. The molecule has 4 N–H and O–H groups in total. The highest BCUT2D eigenvalue weighted by Crippen LogP contribution is 2.31. The highest BCUT2D eigenvalue weighted by Gasteiger charge is 2.23. The molecule has 0 amide bonds. The molecule has 138 valence electrons. The summed E-state index contributed by atoms with van der Waals surface area (Å²) in [6.07, 6.45) is 0.751. The Morgan fingerprint density at radius 2 is 1.78 bits per heavy atom. The minimum absolute atomic E-state index is 0.0111. The average Bonchev–Trinajstić information content (AvgIpc) is 2.64. The molecule has 0 bridgehead atoms. The van der Waals surface area contributed by atoms with Crippen LogP contribution in [0.3, 0.4) is 0 Å². The zero-order chi connectivity index (χ0) is 19.2. The fraction of sp³-hybridized carbons (Fsp3) is 0.111. The first-order chi connectivity index (χ1) is 13.0. The molecule has 2 aromatic carbocycles. The van der Waals surface area contributed by atoms with E-state index in [2.05, 4.69) is 20.6 Å². The van der Waals surface area contributed by atoms with Crippen LogP contribution in [-0.4, -0.2) is 21.4 Å². The van der Waals surface area contributed by atoms with Crippen molar-refractivity contribution in [2.24, 2.45) is 0 Å². The van der Waals surface area contributed by atoms with Gasteiger partial charge in [-0.2, -0.15) is 9.97 Å². The molecule has 0 radical (unpaired) electrons. The number of rotatable bonds is 7. The molecular weight excluding hydrogens is 368 g/mol. The van der Waals surface area contributed by atoms with Gasteiger partial charge in [0.15, 0.2) is 0 Å².